The van der Waals surface area contributed by atoms with Gasteiger partial charge >= 0.3 is 0 Å². The van der Waals surface area contributed by atoms with E-state index in [4.69, 9.17) is 0 Å². The highest BCUT2D eigenvalue weighted by molar-refractivity contribution is 5.92. The average Bonchev–Trinajstić information content (AvgIpc) is 2.44. The molecule has 0 atom stereocenters. The topological polar surface area (TPSA) is 32.3 Å². The van der Waals surface area contributed by atoms with Gasteiger partial charge in [-0.25, -0.2) is 4.39 Å². The summed E-state index contributed by atoms with van der Waals surface area (Å²) in [6, 6.07) is 14.3. The third-order valence-electron chi connectivity index (χ3n) is 3.13. The number of likely N-dealkylation sites (N-methyl/N-ethyl adjacent to an activating group) is 1. The van der Waals surface area contributed by atoms with Crippen molar-refractivity contribution in [2.45, 2.75) is 13.5 Å². The van der Waals surface area contributed by atoms with E-state index in [2.05, 4.69) is 5.32 Å². The number of amides is 1. The minimum Gasteiger partial charge on any atom is -0.322 e. The Kier molecular flexibility index (Phi) is 5.06. The monoisotopic (exact) mass is 286 g/mol. The highest BCUT2D eigenvalue weighted by Gasteiger charge is 2.09. The maximum Gasteiger partial charge on any atom is 0.238 e. The Morgan fingerprint density at radius 1 is 1.14 bits per heavy atom. The molecule has 0 fully saturated rings. The van der Waals surface area contributed by atoms with Crippen molar-refractivity contribution >= 4 is 11.6 Å². The maximum atomic E-state index is 13.4. The van der Waals surface area contributed by atoms with Crippen molar-refractivity contribution in [3.63, 3.8) is 0 Å². The predicted octanol–water partition coefficient (Wildman–Crippen LogP) is 3.20. The van der Waals surface area contributed by atoms with Gasteiger partial charge < -0.3 is 5.32 Å². The van der Waals surface area contributed by atoms with E-state index >= 15 is 0 Å². The van der Waals surface area contributed by atoms with Gasteiger partial charge in [-0.05, 0) is 31.7 Å². The minimum absolute atomic E-state index is 0.211. The zero-order chi connectivity index (χ0) is 15.2. The van der Waals surface area contributed by atoms with Crippen LogP contribution in [-0.4, -0.2) is 24.4 Å². The van der Waals surface area contributed by atoms with E-state index < -0.39 is 5.82 Å². The van der Waals surface area contributed by atoms with Crippen molar-refractivity contribution in [3.8, 4) is 0 Å². The fourth-order valence-corrected chi connectivity index (χ4v) is 2.06. The van der Waals surface area contributed by atoms with Crippen LogP contribution in [0.2, 0.25) is 0 Å². The highest BCUT2D eigenvalue weighted by Crippen LogP contribution is 2.12. The molecule has 0 aromatic heterocycles. The number of para-hydroxylation sites is 1. The Hall–Kier alpha value is -2.20. The van der Waals surface area contributed by atoms with Crippen molar-refractivity contribution in [3.05, 3.63) is 65.5 Å². The number of rotatable bonds is 5. The third kappa shape index (κ3) is 4.68. The fraction of sp³-hybridized carbons (Fsp3) is 0.235. The molecule has 0 aliphatic carbocycles. The maximum absolute atomic E-state index is 13.4. The molecule has 0 saturated heterocycles. The lowest BCUT2D eigenvalue weighted by atomic mass is 10.1. The Morgan fingerprint density at radius 2 is 1.81 bits per heavy atom. The van der Waals surface area contributed by atoms with Gasteiger partial charge in [0.1, 0.15) is 5.82 Å². The summed E-state index contributed by atoms with van der Waals surface area (Å²) < 4.78 is 13.4. The molecular formula is C17H19FN2O. The number of nitrogens with zero attached hydrogens (tertiary/aromatic N) is 1. The van der Waals surface area contributed by atoms with Crippen LogP contribution in [0.15, 0.2) is 48.5 Å². The van der Waals surface area contributed by atoms with Gasteiger partial charge in [0.05, 0.1) is 12.2 Å². The molecule has 0 aliphatic rings. The lowest BCUT2D eigenvalue weighted by Crippen LogP contribution is -2.30. The second-order valence-corrected chi connectivity index (χ2v) is 5.19. The SMILES string of the molecule is Cc1ccc(CN(C)CC(=O)Nc2ccccc2F)cc1. The third-order valence-corrected chi connectivity index (χ3v) is 3.13. The van der Waals surface area contributed by atoms with E-state index in [0.29, 0.717) is 6.54 Å². The molecule has 0 heterocycles. The Balaban J connectivity index is 1.87. The number of carbonyl (C=O) groups excluding carboxylic acids is 1. The Morgan fingerprint density at radius 3 is 2.48 bits per heavy atom. The molecule has 2 aromatic carbocycles. The summed E-state index contributed by atoms with van der Waals surface area (Å²) in [7, 11) is 1.86. The smallest absolute Gasteiger partial charge is 0.238 e. The van der Waals surface area contributed by atoms with E-state index in [-0.39, 0.29) is 18.1 Å². The number of nitrogens with one attached hydrogen (secondary N) is 1. The summed E-state index contributed by atoms with van der Waals surface area (Å²) in [6.07, 6.45) is 0. The van der Waals surface area contributed by atoms with Crippen molar-refractivity contribution < 1.29 is 9.18 Å². The average molecular weight is 286 g/mol. The number of anilines is 1. The van der Waals surface area contributed by atoms with Crippen LogP contribution in [-0.2, 0) is 11.3 Å². The molecule has 0 spiro atoms. The molecular weight excluding hydrogens is 267 g/mol. The first-order valence-corrected chi connectivity index (χ1v) is 6.83. The lowest BCUT2D eigenvalue weighted by Gasteiger charge is -2.16. The van der Waals surface area contributed by atoms with Gasteiger partial charge in [-0.1, -0.05) is 42.0 Å². The number of hydrogen-bond acceptors (Lipinski definition) is 2. The zero-order valence-electron chi connectivity index (χ0n) is 12.3. The molecule has 4 heteroatoms. The van der Waals surface area contributed by atoms with Crippen LogP contribution < -0.4 is 5.32 Å². The normalized spacial score (nSPS) is 10.7. The van der Waals surface area contributed by atoms with Crippen LogP contribution in [0.4, 0.5) is 10.1 Å². The quantitative estimate of drug-likeness (QED) is 0.915. The van der Waals surface area contributed by atoms with Gasteiger partial charge in [0.2, 0.25) is 5.91 Å². The van der Waals surface area contributed by atoms with Crippen LogP contribution in [0.1, 0.15) is 11.1 Å². The summed E-state index contributed by atoms with van der Waals surface area (Å²) in [6.45, 7) is 2.92. The van der Waals surface area contributed by atoms with Crippen molar-refractivity contribution in [2.75, 3.05) is 18.9 Å². The van der Waals surface area contributed by atoms with Gasteiger partial charge in [-0.15, -0.1) is 0 Å². The molecule has 2 rings (SSSR count). The second-order valence-electron chi connectivity index (χ2n) is 5.19. The van der Waals surface area contributed by atoms with Gasteiger partial charge in [-0.3, -0.25) is 9.69 Å². The summed E-state index contributed by atoms with van der Waals surface area (Å²) in [4.78, 5) is 13.8. The van der Waals surface area contributed by atoms with Gasteiger partial charge in [0.15, 0.2) is 0 Å². The van der Waals surface area contributed by atoms with Crippen LogP contribution in [0.25, 0.3) is 0 Å². The van der Waals surface area contributed by atoms with Crippen LogP contribution in [0, 0.1) is 12.7 Å². The molecule has 3 nitrogen and oxygen atoms in total. The molecule has 0 bridgehead atoms. The molecule has 2 aromatic rings. The number of benzene rings is 2. The summed E-state index contributed by atoms with van der Waals surface area (Å²) >= 11 is 0. The first-order chi connectivity index (χ1) is 10.0. The molecule has 1 amide bonds. The van der Waals surface area contributed by atoms with E-state index in [1.807, 2.05) is 43.1 Å². The standard InChI is InChI=1S/C17H19FN2O/c1-13-7-9-14(10-8-13)11-20(2)12-17(21)19-16-6-4-3-5-15(16)18/h3-10H,11-12H2,1-2H3,(H,19,21). The minimum atomic E-state index is -0.424. The molecule has 0 radical (unpaired) electrons. The molecule has 1 N–H and O–H groups in total. The van der Waals surface area contributed by atoms with E-state index in [1.165, 1.54) is 11.6 Å². The fourth-order valence-electron chi connectivity index (χ4n) is 2.06. The van der Waals surface area contributed by atoms with Gasteiger partial charge in [0, 0.05) is 6.54 Å². The van der Waals surface area contributed by atoms with Crippen molar-refractivity contribution in [2.24, 2.45) is 0 Å². The lowest BCUT2D eigenvalue weighted by molar-refractivity contribution is -0.117. The first kappa shape index (κ1) is 15.2. The Labute approximate surface area is 124 Å². The van der Waals surface area contributed by atoms with E-state index in [9.17, 15) is 9.18 Å². The van der Waals surface area contributed by atoms with E-state index in [0.717, 1.165) is 5.56 Å². The largest absolute Gasteiger partial charge is 0.322 e. The van der Waals surface area contributed by atoms with Crippen LogP contribution in [0.3, 0.4) is 0 Å². The number of hydrogen-bond donors (Lipinski definition) is 1. The number of aryl methyl sites for hydroxylation is 1. The highest BCUT2D eigenvalue weighted by atomic mass is 19.1. The van der Waals surface area contributed by atoms with Crippen LogP contribution in [0.5, 0.6) is 0 Å². The van der Waals surface area contributed by atoms with Crippen molar-refractivity contribution in [1.82, 2.24) is 4.90 Å². The second kappa shape index (κ2) is 6.99. The van der Waals surface area contributed by atoms with E-state index in [1.54, 1.807) is 18.2 Å². The number of halogens is 1. The van der Waals surface area contributed by atoms with Gasteiger partial charge in [0.25, 0.3) is 0 Å². The van der Waals surface area contributed by atoms with Gasteiger partial charge in [-0.2, -0.15) is 0 Å². The molecule has 0 saturated carbocycles. The molecule has 110 valence electrons. The summed E-state index contributed by atoms with van der Waals surface area (Å²) in [5, 5.41) is 2.58. The molecule has 0 unspecified atom stereocenters. The number of carbonyl (C=O) groups is 1. The summed E-state index contributed by atoms with van der Waals surface area (Å²) in [5.41, 5.74) is 2.56. The Bertz CT molecular complexity index is 610. The zero-order valence-corrected chi connectivity index (χ0v) is 12.3. The summed E-state index contributed by atoms with van der Waals surface area (Å²) in [5.74, 6) is -0.651. The predicted molar refractivity (Wildman–Crippen MR) is 82.5 cm³/mol. The van der Waals surface area contributed by atoms with Crippen molar-refractivity contribution in [1.29, 1.82) is 0 Å². The molecule has 0 aliphatic heterocycles. The van der Waals surface area contributed by atoms with Crippen LogP contribution >= 0.6 is 0 Å². The molecule has 21 heavy (non-hydrogen) atoms. The first-order valence-electron chi connectivity index (χ1n) is 6.83.